The lowest BCUT2D eigenvalue weighted by Gasteiger charge is -2.49. The third-order valence-electron chi connectivity index (χ3n) is 4.77. The highest BCUT2D eigenvalue weighted by Gasteiger charge is 2.54. The number of carbonyl (C=O) groups is 3. The molecule has 0 saturated carbocycles. The molecule has 35 heavy (non-hydrogen) atoms. The summed E-state index contributed by atoms with van der Waals surface area (Å²) in [5, 5.41) is 23.8. The third kappa shape index (κ3) is 4.79. The zero-order chi connectivity index (χ0) is 25.4. The number of nitrogens with one attached hydrogen (secondary N) is 2. The number of aromatic nitrogens is 3. The molecule has 2 atom stereocenters. The number of halogens is 1. The smallest absolute Gasteiger partial charge is 0.353 e. The average Bonchev–Trinajstić information content (AvgIpc) is 3.12. The normalized spacial score (nSPS) is 19.9. The highest BCUT2D eigenvalue weighted by molar-refractivity contribution is 8.05. The summed E-state index contributed by atoms with van der Waals surface area (Å²) in [7, 11) is 0. The fourth-order valence-corrected chi connectivity index (χ4v) is 6.79. The second-order valence-corrected chi connectivity index (χ2v) is 10.8. The SMILES string of the molecule is Nc1nc(CSC2=C(C(=O)O)N3C(=O)C(NC(=O)/C(=N/O)c4nc(N)sc4Cl)[C@H]3SC2)cc(=O)[nH]1. The Morgan fingerprint density at radius 2 is 2.11 bits per heavy atom. The summed E-state index contributed by atoms with van der Waals surface area (Å²) in [6, 6.07) is 0.167. The Morgan fingerprint density at radius 1 is 1.37 bits per heavy atom. The van der Waals surface area contributed by atoms with Crippen LogP contribution in [-0.2, 0) is 20.1 Å². The monoisotopic (exact) mass is 558 g/mol. The topological polar surface area (TPSA) is 230 Å². The van der Waals surface area contributed by atoms with Crippen LogP contribution in [0.2, 0.25) is 4.34 Å². The van der Waals surface area contributed by atoms with Gasteiger partial charge in [0.1, 0.15) is 27.1 Å². The maximum absolute atomic E-state index is 12.8. The number of nitrogens with two attached hydrogens (primary N) is 2. The number of aromatic amines is 1. The van der Waals surface area contributed by atoms with Gasteiger partial charge in [-0.3, -0.25) is 24.3 Å². The number of anilines is 2. The summed E-state index contributed by atoms with van der Waals surface area (Å²) in [5.41, 5.74) is 10.1. The predicted octanol–water partition coefficient (Wildman–Crippen LogP) is -0.148. The van der Waals surface area contributed by atoms with Gasteiger partial charge in [0.25, 0.3) is 17.4 Å². The van der Waals surface area contributed by atoms with E-state index < -0.39 is 40.5 Å². The first-order valence-electron chi connectivity index (χ1n) is 9.45. The first-order chi connectivity index (χ1) is 16.6. The molecule has 2 aliphatic rings. The molecule has 1 unspecified atom stereocenters. The number of thiazole rings is 1. The maximum Gasteiger partial charge on any atom is 0.353 e. The van der Waals surface area contributed by atoms with E-state index in [2.05, 4.69) is 25.4 Å². The number of carboxylic acids is 1. The lowest BCUT2D eigenvalue weighted by atomic mass is 10.0. The van der Waals surface area contributed by atoms with Gasteiger partial charge in [0.05, 0.1) is 5.69 Å². The fraction of sp³-hybridized carbons (Fsp3) is 0.235. The van der Waals surface area contributed by atoms with Gasteiger partial charge in [-0.15, -0.1) is 23.5 Å². The molecule has 2 aliphatic heterocycles. The molecule has 0 aliphatic carbocycles. The highest BCUT2D eigenvalue weighted by atomic mass is 35.5. The van der Waals surface area contributed by atoms with Crippen LogP contribution in [0, 0.1) is 0 Å². The van der Waals surface area contributed by atoms with E-state index in [1.165, 1.54) is 17.8 Å². The molecule has 0 spiro atoms. The Balaban J connectivity index is 1.50. The van der Waals surface area contributed by atoms with E-state index in [4.69, 9.17) is 23.1 Å². The van der Waals surface area contributed by atoms with Crippen molar-refractivity contribution in [2.75, 3.05) is 17.2 Å². The maximum atomic E-state index is 12.8. The summed E-state index contributed by atoms with van der Waals surface area (Å²) in [6.45, 7) is 0. The molecule has 18 heteroatoms. The van der Waals surface area contributed by atoms with Crippen LogP contribution in [0.1, 0.15) is 11.4 Å². The van der Waals surface area contributed by atoms with E-state index >= 15 is 0 Å². The predicted molar refractivity (Wildman–Crippen MR) is 130 cm³/mol. The minimum absolute atomic E-state index is 0.0217. The molecule has 0 bridgehead atoms. The number of hydrogen-bond donors (Lipinski definition) is 6. The third-order valence-corrected chi connectivity index (χ3v) is 8.44. The van der Waals surface area contributed by atoms with Gasteiger partial charge in [0.15, 0.2) is 10.8 Å². The van der Waals surface area contributed by atoms with E-state index in [0.29, 0.717) is 10.6 Å². The Morgan fingerprint density at radius 3 is 2.71 bits per heavy atom. The zero-order valence-electron chi connectivity index (χ0n) is 17.2. The number of amides is 2. The van der Waals surface area contributed by atoms with Gasteiger partial charge in [-0.25, -0.2) is 14.8 Å². The number of nitrogen functional groups attached to an aromatic ring is 2. The molecular formula is C17H15ClN8O6S3. The Labute approximate surface area is 212 Å². The van der Waals surface area contributed by atoms with E-state index in [-0.39, 0.29) is 38.3 Å². The minimum atomic E-state index is -1.32. The molecule has 2 aromatic rings. The molecule has 1 fully saturated rings. The zero-order valence-corrected chi connectivity index (χ0v) is 20.4. The van der Waals surface area contributed by atoms with Gasteiger partial charge in [-0.05, 0) is 0 Å². The second-order valence-electron chi connectivity index (χ2n) is 6.97. The van der Waals surface area contributed by atoms with Gasteiger partial charge < -0.3 is 27.1 Å². The Kier molecular flexibility index (Phi) is 6.93. The summed E-state index contributed by atoms with van der Waals surface area (Å²) in [4.78, 5) is 60.7. The molecular weight excluding hydrogens is 544 g/mol. The fourth-order valence-electron chi connectivity index (χ4n) is 3.34. The molecule has 2 aromatic heterocycles. The van der Waals surface area contributed by atoms with Crippen LogP contribution in [0.25, 0.3) is 0 Å². The van der Waals surface area contributed by atoms with Crippen LogP contribution in [0.3, 0.4) is 0 Å². The quantitative estimate of drug-likeness (QED) is 0.113. The van der Waals surface area contributed by atoms with Crippen molar-refractivity contribution in [2.45, 2.75) is 17.2 Å². The molecule has 14 nitrogen and oxygen atoms in total. The number of aliphatic carboxylic acids is 1. The van der Waals surface area contributed by atoms with Crippen LogP contribution < -0.4 is 22.3 Å². The van der Waals surface area contributed by atoms with E-state index in [1.54, 1.807) is 0 Å². The average molecular weight is 559 g/mol. The van der Waals surface area contributed by atoms with Crippen molar-refractivity contribution in [1.82, 2.24) is 25.2 Å². The van der Waals surface area contributed by atoms with Crippen LogP contribution in [0.15, 0.2) is 26.6 Å². The van der Waals surface area contributed by atoms with Crippen molar-refractivity contribution in [3.05, 3.63) is 42.7 Å². The van der Waals surface area contributed by atoms with Crippen molar-refractivity contribution in [2.24, 2.45) is 5.16 Å². The first-order valence-corrected chi connectivity index (χ1v) is 12.7. The molecule has 4 heterocycles. The Hall–Kier alpha value is -3.28. The van der Waals surface area contributed by atoms with Crippen LogP contribution in [-0.4, -0.2) is 70.8 Å². The van der Waals surface area contributed by atoms with Crippen LogP contribution in [0.4, 0.5) is 11.1 Å². The van der Waals surface area contributed by atoms with E-state index in [9.17, 15) is 29.5 Å². The number of fused-ring (bicyclic) bond motifs is 1. The van der Waals surface area contributed by atoms with Crippen molar-refractivity contribution < 1.29 is 24.7 Å². The standard InChI is InChI=1S/C17H15ClN8O6S3/c18-11-7(24-17(20)35-11)8(25-32)12(28)23-9-13(29)26-10(15(30)31)5(3-34-14(9)26)33-2-4-1-6(27)22-16(19)21-4/h1,9,14,32H,2-3H2,(H2,20,24)(H,23,28)(H,30,31)(H3,19,21,22,27)/b25-8+/t9?,14-/m1/s1. The summed E-state index contributed by atoms with van der Waals surface area (Å²) >= 11 is 9.19. The van der Waals surface area contributed by atoms with Crippen molar-refractivity contribution in [3.8, 4) is 0 Å². The first kappa shape index (κ1) is 24.8. The lowest BCUT2D eigenvalue weighted by Crippen LogP contribution is -2.71. The number of H-pyrrole nitrogens is 1. The number of carboxylic acid groups (broad SMARTS) is 1. The number of rotatable bonds is 7. The van der Waals surface area contributed by atoms with E-state index in [0.717, 1.165) is 28.0 Å². The van der Waals surface area contributed by atoms with Gasteiger partial charge in [0, 0.05) is 22.5 Å². The molecule has 1 saturated heterocycles. The number of thioether (sulfide) groups is 2. The van der Waals surface area contributed by atoms with Crippen LogP contribution in [0.5, 0.6) is 0 Å². The number of nitrogens with zero attached hydrogens (tertiary/aromatic N) is 4. The van der Waals surface area contributed by atoms with Gasteiger partial charge >= 0.3 is 5.97 Å². The minimum Gasteiger partial charge on any atom is -0.477 e. The molecule has 4 rings (SSSR count). The van der Waals surface area contributed by atoms with Gasteiger partial charge in [0.2, 0.25) is 5.95 Å². The summed E-state index contributed by atoms with van der Waals surface area (Å²) < 4.78 is 0.0217. The number of oxime groups is 1. The summed E-state index contributed by atoms with van der Waals surface area (Å²) in [5.74, 6) is -2.61. The lowest BCUT2D eigenvalue weighted by molar-refractivity contribution is -0.150. The van der Waals surface area contributed by atoms with Gasteiger partial charge in [-0.1, -0.05) is 28.1 Å². The molecule has 2 amide bonds. The molecule has 8 N–H and O–H groups in total. The van der Waals surface area contributed by atoms with Crippen molar-refractivity contribution in [3.63, 3.8) is 0 Å². The summed E-state index contributed by atoms with van der Waals surface area (Å²) in [6.07, 6.45) is 0. The number of carbonyl (C=O) groups excluding carboxylic acids is 2. The van der Waals surface area contributed by atoms with Crippen molar-refractivity contribution in [1.29, 1.82) is 0 Å². The number of β-lactam (4-membered cyclic amide) rings is 1. The molecule has 0 aromatic carbocycles. The largest absolute Gasteiger partial charge is 0.477 e. The second kappa shape index (κ2) is 9.76. The van der Waals surface area contributed by atoms with Crippen LogP contribution >= 0.6 is 46.5 Å². The van der Waals surface area contributed by atoms with Gasteiger partial charge in [-0.2, -0.15) is 0 Å². The highest BCUT2D eigenvalue weighted by Crippen LogP contribution is 2.44. The molecule has 184 valence electrons. The van der Waals surface area contributed by atoms with E-state index in [1.807, 2.05) is 0 Å². The molecule has 0 radical (unpaired) electrons. The van der Waals surface area contributed by atoms with Crippen molar-refractivity contribution >= 4 is 81.0 Å². The number of hydrogen-bond acceptors (Lipinski definition) is 13. The Bertz CT molecular complexity index is 1360.